The van der Waals surface area contributed by atoms with E-state index in [0.717, 1.165) is 6.07 Å². The van der Waals surface area contributed by atoms with Crippen LogP contribution in [0.4, 0.5) is 10.1 Å². The molecule has 0 saturated heterocycles. The number of hydrogen-bond acceptors (Lipinski definition) is 3. The van der Waals surface area contributed by atoms with E-state index in [4.69, 9.17) is 16.9 Å². The minimum Gasteiger partial charge on any atom is -0.204 e. The molecule has 3 nitrogen and oxygen atoms in total. The Labute approximate surface area is 92.2 Å². The highest BCUT2D eigenvalue weighted by atomic mass is 35.5. The fourth-order valence-corrected chi connectivity index (χ4v) is 1.08. The Morgan fingerprint density at radius 2 is 2.13 bits per heavy atom. The fraction of sp³-hybridized carbons (Fsp3) is 0.300. The number of azo groups is 1. The van der Waals surface area contributed by atoms with Crippen LogP contribution < -0.4 is 0 Å². The third-order valence-corrected chi connectivity index (χ3v) is 1.87. The van der Waals surface area contributed by atoms with E-state index in [1.807, 2.05) is 13.8 Å². The van der Waals surface area contributed by atoms with Crippen molar-refractivity contribution in [2.24, 2.45) is 10.2 Å². The normalized spacial score (nSPS) is 10.9. The monoisotopic (exact) mass is 225 g/mol. The molecular weight excluding hydrogens is 217 g/mol. The summed E-state index contributed by atoms with van der Waals surface area (Å²) in [4.78, 5) is 0. The Morgan fingerprint density at radius 3 is 2.67 bits per heavy atom. The highest BCUT2D eigenvalue weighted by molar-refractivity contribution is 6.32. The Hall–Kier alpha value is -1.47. The molecule has 78 valence electrons. The van der Waals surface area contributed by atoms with Gasteiger partial charge in [-0.2, -0.15) is 15.5 Å². The van der Waals surface area contributed by atoms with E-state index in [-0.39, 0.29) is 22.3 Å². The number of nitrogens with zero attached hydrogens (tertiary/aromatic N) is 3. The molecule has 1 aromatic rings. The van der Waals surface area contributed by atoms with Crippen LogP contribution >= 0.6 is 11.6 Å². The minimum atomic E-state index is -0.597. The molecule has 0 aliphatic heterocycles. The maximum absolute atomic E-state index is 13.3. The Kier molecular flexibility index (Phi) is 3.75. The quantitative estimate of drug-likeness (QED) is 0.706. The molecule has 0 fully saturated rings. The zero-order chi connectivity index (χ0) is 11.4. The van der Waals surface area contributed by atoms with Crippen molar-refractivity contribution in [1.82, 2.24) is 0 Å². The molecule has 0 amide bonds. The number of hydrogen-bond donors (Lipinski definition) is 0. The number of rotatable bonds is 2. The molecule has 0 aliphatic rings. The molecule has 0 spiro atoms. The van der Waals surface area contributed by atoms with Crippen LogP contribution in [0, 0.1) is 17.1 Å². The van der Waals surface area contributed by atoms with Crippen molar-refractivity contribution in [2.75, 3.05) is 0 Å². The van der Waals surface area contributed by atoms with E-state index < -0.39 is 5.82 Å². The minimum absolute atomic E-state index is 0.0150. The molecular formula is C10H9ClFN3. The largest absolute Gasteiger partial charge is 0.204 e. The van der Waals surface area contributed by atoms with Crippen LogP contribution in [0.5, 0.6) is 0 Å². The molecule has 0 atom stereocenters. The zero-order valence-corrected chi connectivity index (χ0v) is 9.09. The van der Waals surface area contributed by atoms with Gasteiger partial charge in [-0.3, -0.25) is 0 Å². The summed E-state index contributed by atoms with van der Waals surface area (Å²) in [5.41, 5.74) is 0.144. The summed E-state index contributed by atoms with van der Waals surface area (Å²) in [5, 5.41) is 16.3. The van der Waals surface area contributed by atoms with Gasteiger partial charge in [0.2, 0.25) is 0 Å². The second kappa shape index (κ2) is 4.85. The lowest BCUT2D eigenvalue weighted by molar-refractivity contribution is 0.625. The second-order valence-electron chi connectivity index (χ2n) is 3.20. The van der Waals surface area contributed by atoms with Gasteiger partial charge in [-0.05, 0) is 26.0 Å². The molecule has 1 aromatic carbocycles. The van der Waals surface area contributed by atoms with Crippen molar-refractivity contribution < 1.29 is 4.39 Å². The average Bonchev–Trinajstić information content (AvgIpc) is 2.18. The highest BCUT2D eigenvalue weighted by Gasteiger charge is 2.07. The summed E-state index contributed by atoms with van der Waals surface area (Å²) in [6, 6.07) is 4.11. The van der Waals surface area contributed by atoms with Crippen LogP contribution in [0.15, 0.2) is 22.4 Å². The van der Waals surface area contributed by atoms with Crippen molar-refractivity contribution in [1.29, 1.82) is 5.26 Å². The van der Waals surface area contributed by atoms with Crippen LogP contribution in [0.25, 0.3) is 0 Å². The first-order valence-electron chi connectivity index (χ1n) is 4.34. The molecule has 0 aromatic heterocycles. The summed E-state index contributed by atoms with van der Waals surface area (Å²) in [5.74, 6) is -0.597. The summed E-state index contributed by atoms with van der Waals surface area (Å²) in [6.07, 6.45) is 0. The Balaban J connectivity index is 3.12. The van der Waals surface area contributed by atoms with Gasteiger partial charge >= 0.3 is 0 Å². The SMILES string of the molecule is CC(C)N=Nc1cc(Cl)c(C#N)cc1F. The molecule has 0 bridgehead atoms. The van der Waals surface area contributed by atoms with Gasteiger partial charge in [0, 0.05) is 0 Å². The van der Waals surface area contributed by atoms with Crippen molar-refractivity contribution >= 4 is 17.3 Å². The number of nitriles is 1. The van der Waals surface area contributed by atoms with E-state index in [1.54, 1.807) is 6.07 Å². The van der Waals surface area contributed by atoms with Crippen LogP contribution in [0.3, 0.4) is 0 Å². The van der Waals surface area contributed by atoms with Gasteiger partial charge in [0.15, 0.2) is 5.82 Å². The molecule has 5 heteroatoms. The lowest BCUT2D eigenvalue weighted by atomic mass is 10.2. The molecule has 0 heterocycles. The van der Waals surface area contributed by atoms with Gasteiger partial charge in [-0.1, -0.05) is 11.6 Å². The summed E-state index contributed by atoms with van der Waals surface area (Å²) in [7, 11) is 0. The number of benzene rings is 1. The van der Waals surface area contributed by atoms with E-state index in [2.05, 4.69) is 10.2 Å². The molecule has 0 unspecified atom stereocenters. The lowest BCUT2D eigenvalue weighted by Gasteiger charge is -1.99. The first-order chi connectivity index (χ1) is 7.04. The maximum atomic E-state index is 13.3. The average molecular weight is 226 g/mol. The molecule has 0 aliphatic carbocycles. The summed E-state index contributed by atoms with van der Waals surface area (Å²) >= 11 is 5.73. The van der Waals surface area contributed by atoms with E-state index >= 15 is 0 Å². The predicted octanol–water partition coefficient (Wildman–Crippen LogP) is 3.84. The second-order valence-corrected chi connectivity index (χ2v) is 3.61. The molecule has 1 rings (SSSR count). The predicted molar refractivity (Wildman–Crippen MR) is 55.8 cm³/mol. The third-order valence-electron chi connectivity index (χ3n) is 1.55. The van der Waals surface area contributed by atoms with Crippen molar-refractivity contribution in [3.05, 3.63) is 28.5 Å². The van der Waals surface area contributed by atoms with Gasteiger partial charge in [0.05, 0.1) is 16.6 Å². The van der Waals surface area contributed by atoms with Crippen molar-refractivity contribution in [3.63, 3.8) is 0 Å². The fourth-order valence-electron chi connectivity index (χ4n) is 0.876. The summed E-state index contributed by atoms with van der Waals surface area (Å²) < 4.78 is 13.3. The zero-order valence-electron chi connectivity index (χ0n) is 8.33. The molecule has 15 heavy (non-hydrogen) atoms. The molecule has 0 N–H and O–H groups in total. The Bertz CT molecular complexity index is 435. The van der Waals surface area contributed by atoms with Crippen LogP contribution in [-0.2, 0) is 0 Å². The van der Waals surface area contributed by atoms with Gasteiger partial charge in [0.1, 0.15) is 11.8 Å². The van der Waals surface area contributed by atoms with Crippen LogP contribution in [0.2, 0.25) is 5.02 Å². The van der Waals surface area contributed by atoms with Crippen LogP contribution in [0.1, 0.15) is 19.4 Å². The van der Waals surface area contributed by atoms with Gasteiger partial charge in [0.25, 0.3) is 0 Å². The standard InChI is InChI=1S/C10H9ClFN3/c1-6(2)14-15-10-4-8(11)7(5-13)3-9(10)12/h3-4,6H,1-2H3. The Morgan fingerprint density at radius 1 is 1.47 bits per heavy atom. The van der Waals surface area contributed by atoms with E-state index in [9.17, 15) is 4.39 Å². The molecule has 0 saturated carbocycles. The van der Waals surface area contributed by atoms with E-state index in [0.29, 0.717) is 0 Å². The lowest BCUT2D eigenvalue weighted by Crippen LogP contribution is -1.86. The maximum Gasteiger partial charge on any atom is 0.152 e. The summed E-state index contributed by atoms with van der Waals surface area (Å²) in [6.45, 7) is 3.65. The van der Waals surface area contributed by atoms with Crippen LogP contribution in [-0.4, -0.2) is 6.04 Å². The van der Waals surface area contributed by atoms with Gasteiger partial charge in [-0.25, -0.2) is 4.39 Å². The van der Waals surface area contributed by atoms with E-state index in [1.165, 1.54) is 6.07 Å². The smallest absolute Gasteiger partial charge is 0.152 e. The third kappa shape index (κ3) is 3.00. The van der Waals surface area contributed by atoms with Crippen molar-refractivity contribution in [2.45, 2.75) is 19.9 Å². The van der Waals surface area contributed by atoms with Gasteiger partial charge in [-0.15, -0.1) is 0 Å². The van der Waals surface area contributed by atoms with Gasteiger partial charge < -0.3 is 0 Å². The first-order valence-corrected chi connectivity index (χ1v) is 4.72. The van der Waals surface area contributed by atoms with Crippen molar-refractivity contribution in [3.8, 4) is 6.07 Å². The highest BCUT2D eigenvalue weighted by Crippen LogP contribution is 2.26. The first kappa shape index (κ1) is 11.6. The molecule has 0 radical (unpaired) electrons. The number of halogens is 2. The topological polar surface area (TPSA) is 48.5 Å².